The molecule has 0 amide bonds. The van der Waals surface area contributed by atoms with Crippen molar-refractivity contribution in [3.05, 3.63) is 28.8 Å². The quantitative estimate of drug-likeness (QED) is 0.907. The van der Waals surface area contributed by atoms with Gasteiger partial charge < -0.3 is 10.5 Å². The van der Waals surface area contributed by atoms with Crippen LogP contribution in [0.1, 0.15) is 18.4 Å². The average molecular weight is 259 g/mol. The molecule has 0 saturated heterocycles. The Morgan fingerprint density at radius 3 is 2.69 bits per heavy atom. The molecule has 3 nitrogen and oxygen atoms in total. The smallest absolute Gasteiger partial charge is 0.138 e. The summed E-state index contributed by atoms with van der Waals surface area (Å²) in [6, 6.07) is 6.98. The van der Waals surface area contributed by atoms with Crippen molar-refractivity contribution in [1.82, 2.24) is 0 Å². The van der Waals surface area contributed by atoms with Crippen molar-refractivity contribution >= 4 is 24.0 Å². The lowest BCUT2D eigenvalue weighted by Gasteiger charge is -2.12. The Kier molecular flexibility index (Phi) is 4.03. The first-order chi connectivity index (χ1) is 7.13. The topological polar surface area (TPSA) is 59.0 Å². The summed E-state index contributed by atoms with van der Waals surface area (Å²) in [4.78, 5) is 0. The fourth-order valence-electron chi connectivity index (χ4n) is 1.21. The van der Waals surface area contributed by atoms with E-state index in [9.17, 15) is 0 Å². The van der Waals surface area contributed by atoms with Gasteiger partial charge in [-0.05, 0) is 31.0 Å². The number of benzene rings is 1. The third-order valence-electron chi connectivity index (χ3n) is 2.47. The number of nitrogens with two attached hydrogens (primary N) is 1. The molecule has 0 radical (unpaired) electrons. The molecular weight excluding hydrogens is 247 g/mol. The zero-order valence-corrected chi connectivity index (χ0v) is 10.1. The fourth-order valence-corrected chi connectivity index (χ4v) is 1.45. The van der Waals surface area contributed by atoms with E-state index in [1.807, 2.05) is 6.07 Å². The van der Waals surface area contributed by atoms with Gasteiger partial charge in [-0.2, -0.15) is 5.26 Å². The van der Waals surface area contributed by atoms with Gasteiger partial charge in [0.1, 0.15) is 12.4 Å². The highest BCUT2D eigenvalue weighted by Crippen LogP contribution is 2.34. The van der Waals surface area contributed by atoms with Crippen molar-refractivity contribution in [2.45, 2.75) is 18.4 Å². The zero-order valence-electron chi connectivity index (χ0n) is 8.57. The van der Waals surface area contributed by atoms with Crippen LogP contribution >= 0.6 is 24.0 Å². The summed E-state index contributed by atoms with van der Waals surface area (Å²) in [5.41, 5.74) is 6.25. The van der Waals surface area contributed by atoms with Crippen LogP contribution in [0, 0.1) is 11.3 Å². The summed E-state index contributed by atoms with van der Waals surface area (Å²) in [6.45, 7) is 0.485. The molecule has 0 unspecified atom stereocenters. The second kappa shape index (κ2) is 4.92. The van der Waals surface area contributed by atoms with Crippen LogP contribution in [-0.2, 0) is 0 Å². The van der Waals surface area contributed by atoms with Gasteiger partial charge in [0.05, 0.1) is 22.2 Å². The molecule has 1 fully saturated rings. The van der Waals surface area contributed by atoms with Crippen LogP contribution in [0.15, 0.2) is 18.2 Å². The molecule has 0 aromatic heterocycles. The number of hydrogen-bond acceptors (Lipinski definition) is 3. The molecule has 5 heteroatoms. The lowest BCUT2D eigenvalue weighted by atomic mass is 10.2. The molecule has 1 aliphatic carbocycles. The standard InChI is InChI=1S/C11H11ClN2O.ClH/c12-9-5-8(6-13)1-2-10(9)15-7-11(14)3-4-11;/h1-2,5H,3-4,7,14H2;1H. The predicted octanol–water partition coefficient (Wildman–Crippen LogP) is 2.50. The minimum absolute atomic E-state index is 0. The largest absolute Gasteiger partial charge is 0.490 e. The van der Waals surface area contributed by atoms with Gasteiger partial charge in [-0.25, -0.2) is 0 Å². The first kappa shape index (κ1) is 13.1. The summed E-state index contributed by atoms with van der Waals surface area (Å²) in [7, 11) is 0. The van der Waals surface area contributed by atoms with Crippen LogP contribution in [0.5, 0.6) is 5.75 Å². The van der Waals surface area contributed by atoms with Crippen LogP contribution in [-0.4, -0.2) is 12.1 Å². The highest BCUT2D eigenvalue weighted by molar-refractivity contribution is 6.32. The Bertz CT molecular complexity index is 424. The Morgan fingerprint density at radius 1 is 1.50 bits per heavy atom. The molecule has 86 valence electrons. The van der Waals surface area contributed by atoms with Crippen molar-refractivity contribution in [1.29, 1.82) is 5.26 Å². The highest BCUT2D eigenvalue weighted by atomic mass is 35.5. The molecule has 0 atom stereocenters. The van der Waals surface area contributed by atoms with E-state index >= 15 is 0 Å². The molecule has 1 aromatic rings. The Balaban J connectivity index is 0.00000128. The maximum Gasteiger partial charge on any atom is 0.138 e. The Hall–Kier alpha value is -0.950. The molecule has 2 N–H and O–H groups in total. The van der Waals surface area contributed by atoms with Gasteiger partial charge in [0, 0.05) is 0 Å². The maximum atomic E-state index is 8.65. The molecular formula is C11H12Cl2N2O. The zero-order chi connectivity index (χ0) is 10.9. The number of ether oxygens (including phenoxy) is 1. The normalized spacial score (nSPS) is 15.8. The van der Waals surface area contributed by atoms with Crippen molar-refractivity contribution in [2.24, 2.45) is 5.73 Å². The maximum absolute atomic E-state index is 8.65. The van der Waals surface area contributed by atoms with E-state index in [0.29, 0.717) is 22.9 Å². The SMILES string of the molecule is Cl.N#Cc1ccc(OCC2(N)CC2)c(Cl)c1. The number of nitriles is 1. The third kappa shape index (κ3) is 3.02. The number of rotatable bonds is 3. The van der Waals surface area contributed by atoms with Gasteiger partial charge in [0.15, 0.2) is 0 Å². The van der Waals surface area contributed by atoms with Crippen molar-refractivity contribution < 1.29 is 4.74 Å². The highest BCUT2D eigenvalue weighted by Gasteiger charge is 2.39. The molecule has 0 aliphatic heterocycles. The van der Waals surface area contributed by atoms with E-state index in [2.05, 4.69) is 0 Å². The van der Waals surface area contributed by atoms with Gasteiger partial charge in [-0.15, -0.1) is 12.4 Å². The van der Waals surface area contributed by atoms with Gasteiger partial charge >= 0.3 is 0 Å². The van der Waals surface area contributed by atoms with Crippen molar-refractivity contribution in [3.63, 3.8) is 0 Å². The van der Waals surface area contributed by atoms with E-state index in [1.165, 1.54) is 0 Å². The molecule has 2 rings (SSSR count). The summed E-state index contributed by atoms with van der Waals surface area (Å²) in [5, 5.41) is 9.11. The fraction of sp³-hybridized carbons (Fsp3) is 0.364. The van der Waals surface area contributed by atoms with E-state index < -0.39 is 0 Å². The minimum atomic E-state index is -0.156. The molecule has 16 heavy (non-hydrogen) atoms. The van der Waals surface area contributed by atoms with Crippen LogP contribution < -0.4 is 10.5 Å². The van der Waals surface area contributed by atoms with E-state index in [-0.39, 0.29) is 17.9 Å². The van der Waals surface area contributed by atoms with Gasteiger partial charge in [-0.3, -0.25) is 0 Å². The molecule has 1 saturated carbocycles. The first-order valence-electron chi connectivity index (χ1n) is 4.74. The lowest BCUT2D eigenvalue weighted by molar-refractivity contribution is 0.279. The van der Waals surface area contributed by atoms with Gasteiger partial charge in [0.2, 0.25) is 0 Å². The summed E-state index contributed by atoms with van der Waals surface area (Å²) in [6.07, 6.45) is 2.00. The predicted molar refractivity (Wildman–Crippen MR) is 65.1 cm³/mol. The average Bonchev–Trinajstić information content (AvgIpc) is 2.95. The van der Waals surface area contributed by atoms with E-state index in [4.69, 9.17) is 27.3 Å². The number of hydrogen-bond donors (Lipinski definition) is 1. The van der Waals surface area contributed by atoms with E-state index in [0.717, 1.165) is 12.8 Å². The molecule has 0 heterocycles. The van der Waals surface area contributed by atoms with Crippen LogP contribution in [0.25, 0.3) is 0 Å². The van der Waals surface area contributed by atoms with Crippen molar-refractivity contribution in [3.8, 4) is 11.8 Å². The first-order valence-corrected chi connectivity index (χ1v) is 5.12. The van der Waals surface area contributed by atoms with Crippen molar-refractivity contribution in [2.75, 3.05) is 6.61 Å². The molecule has 1 aliphatic rings. The second-order valence-electron chi connectivity index (χ2n) is 3.91. The monoisotopic (exact) mass is 258 g/mol. The summed E-state index contributed by atoms with van der Waals surface area (Å²) < 4.78 is 5.50. The molecule has 1 aromatic carbocycles. The van der Waals surface area contributed by atoms with Crippen LogP contribution in [0.2, 0.25) is 5.02 Å². The summed E-state index contributed by atoms with van der Waals surface area (Å²) >= 11 is 5.94. The number of halogens is 2. The minimum Gasteiger partial charge on any atom is -0.490 e. The Labute approximate surface area is 106 Å². The van der Waals surface area contributed by atoms with Crippen LogP contribution in [0.4, 0.5) is 0 Å². The van der Waals surface area contributed by atoms with E-state index in [1.54, 1.807) is 18.2 Å². The summed E-state index contributed by atoms with van der Waals surface area (Å²) in [5.74, 6) is 0.590. The Morgan fingerprint density at radius 2 is 2.19 bits per heavy atom. The third-order valence-corrected chi connectivity index (χ3v) is 2.76. The van der Waals surface area contributed by atoms with Gasteiger partial charge in [-0.1, -0.05) is 11.6 Å². The van der Waals surface area contributed by atoms with Gasteiger partial charge in [0.25, 0.3) is 0 Å². The number of nitrogens with zero attached hydrogens (tertiary/aromatic N) is 1. The molecule has 0 bridgehead atoms. The molecule has 0 spiro atoms. The van der Waals surface area contributed by atoms with Crippen LogP contribution in [0.3, 0.4) is 0 Å². The lowest BCUT2D eigenvalue weighted by Crippen LogP contribution is -2.29. The second-order valence-corrected chi connectivity index (χ2v) is 4.32.